The zero-order valence-electron chi connectivity index (χ0n) is 14.6. The van der Waals surface area contributed by atoms with Crippen LogP contribution in [0.1, 0.15) is 11.1 Å². The molecule has 0 aliphatic rings. The zero-order chi connectivity index (χ0) is 19.2. The first kappa shape index (κ1) is 18.6. The Labute approximate surface area is 161 Å². The largest absolute Gasteiger partial charge is 0.323 e. The molecule has 0 bridgehead atoms. The highest BCUT2D eigenvalue weighted by Gasteiger charge is 2.12. The molecule has 0 aliphatic carbocycles. The molecular formula is C21H16FN3OS. The molecule has 4 nitrogen and oxygen atoms in total. The molecule has 1 amide bonds. The molecule has 3 aromatic rings. The fourth-order valence-corrected chi connectivity index (χ4v) is 3.18. The molecule has 0 spiro atoms. The van der Waals surface area contributed by atoms with Crippen LogP contribution >= 0.6 is 11.8 Å². The summed E-state index contributed by atoms with van der Waals surface area (Å²) in [7, 11) is 0. The highest BCUT2D eigenvalue weighted by atomic mass is 32.2. The molecule has 0 fully saturated rings. The molecular weight excluding hydrogens is 361 g/mol. The van der Waals surface area contributed by atoms with E-state index in [0.29, 0.717) is 10.6 Å². The first-order chi connectivity index (χ1) is 13.1. The van der Waals surface area contributed by atoms with Gasteiger partial charge < -0.3 is 5.32 Å². The van der Waals surface area contributed by atoms with Gasteiger partial charge in [-0.15, -0.1) is 0 Å². The van der Waals surface area contributed by atoms with Crippen LogP contribution in [0.5, 0.6) is 0 Å². The standard InChI is InChI=1S/C21H16FN3OS/c1-14-6-8-15(9-7-14)18-11-10-16(12-23)21(25-18)27-13-20(26)24-19-5-3-2-4-17(19)22/h2-11H,13H2,1H3,(H,24,26). The predicted octanol–water partition coefficient (Wildman–Crippen LogP) is 4.80. The lowest BCUT2D eigenvalue weighted by molar-refractivity contribution is -0.113. The third kappa shape index (κ3) is 4.72. The van der Waals surface area contributed by atoms with Gasteiger partial charge in [-0.1, -0.05) is 53.7 Å². The SMILES string of the molecule is Cc1ccc(-c2ccc(C#N)c(SCC(=O)Nc3ccccc3F)n2)cc1. The summed E-state index contributed by atoms with van der Waals surface area (Å²) >= 11 is 1.15. The normalized spacial score (nSPS) is 10.3. The Morgan fingerprint density at radius 3 is 2.59 bits per heavy atom. The van der Waals surface area contributed by atoms with E-state index in [9.17, 15) is 14.4 Å². The number of para-hydroxylation sites is 1. The van der Waals surface area contributed by atoms with Crippen molar-refractivity contribution in [3.63, 3.8) is 0 Å². The summed E-state index contributed by atoms with van der Waals surface area (Å²) in [6.07, 6.45) is 0. The quantitative estimate of drug-likeness (QED) is 0.649. The minimum Gasteiger partial charge on any atom is -0.323 e. The summed E-state index contributed by atoms with van der Waals surface area (Å²) in [5.41, 5.74) is 3.33. The highest BCUT2D eigenvalue weighted by molar-refractivity contribution is 8.00. The van der Waals surface area contributed by atoms with E-state index in [1.54, 1.807) is 24.3 Å². The van der Waals surface area contributed by atoms with E-state index >= 15 is 0 Å². The molecule has 134 valence electrons. The summed E-state index contributed by atoms with van der Waals surface area (Å²) in [6, 6.07) is 19.4. The lowest BCUT2D eigenvalue weighted by atomic mass is 10.1. The second-order valence-electron chi connectivity index (χ2n) is 5.84. The van der Waals surface area contributed by atoms with Crippen LogP contribution < -0.4 is 5.32 Å². The number of nitrogens with one attached hydrogen (secondary N) is 1. The fourth-order valence-electron chi connectivity index (χ4n) is 2.40. The Bertz CT molecular complexity index is 1010. The molecule has 0 unspecified atom stereocenters. The van der Waals surface area contributed by atoms with Crippen molar-refractivity contribution < 1.29 is 9.18 Å². The van der Waals surface area contributed by atoms with Crippen molar-refractivity contribution >= 4 is 23.4 Å². The van der Waals surface area contributed by atoms with Crippen molar-refractivity contribution in [3.8, 4) is 17.3 Å². The molecule has 0 radical (unpaired) electrons. The second-order valence-corrected chi connectivity index (χ2v) is 6.81. The third-order valence-corrected chi connectivity index (χ3v) is 4.81. The van der Waals surface area contributed by atoms with E-state index in [2.05, 4.69) is 16.4 Å². The Kier molecular flexibility index (Phi) is 5.84. The van der Waals surface area contributed by atoms with Gasteiger partial charge in [0.1, 0.15) is 16.9 Å². The van der Waals surface area contributed by atoms with E-state index in [-0.39, 0.29) is 17.3 Å². The van der Waals surface area contributed by atoms with Gasteiger partial charge in [-0.25, -0.2) is 9.37 Å². The summed E-state index contributed by atoms with van der Waals surface area (Å²) in [4.78, 5) is 16.6. The fraction of sp³-hybridized carbons (Fsp3) is 0.0952. The predicted molar refractivity (Wildman–Crippen MR) is 105 cm³/mol. The van der Waals surface area contributed by atoms with Crippen LogP contribution in [0.2, 0.25) is 0 Å². The number of nitrogens with zero attached hydrogens (tertiary/aromatic N) is 2. The van der Waals surface area contributed by atoms with Gasteiger partial charge in [-0.05, 0) is 31.2 Å². The molecule has 0 saturated heterocycles. The van der Waals surface area contributed by atoms with Gasteiger partial charge in [-0.3, -0.25) is 4.79 Å². The molecule has 0 aliphatic heterocycles. The average Bonchev–Trinajstić information content (AvgIpc) is 2.68. The Morgan fingerprint density at radius 1 is 1.15 bits per heavy atom. The molecule has 6 heteroatoms. The van der Waals surface area contributed by atoms with Crippen molar-refractivity contribution in [1.29, 1.82) is 5.26 Å². The maximum absolute atomic E-state index is 13.6. The van der Waals surface area contributed by atoms with Gasteiger partial charge in [0.2, 0.25) is 5.91 Å². The van der Waals surface area contributed by atoms with Crippen LogP contribution in [-0.4, -0.2) is 16.6 Å². The number of pyridine rings is 1. The number of benzene rings is 2. The third-order valence-electron chi connectivity index (χ3n) is 3.82. The number of aryl methyl sites for hydroxylation is 1. The first-order valence-corrected chi connectivity index (χ1v) is 9.21. The van der Waals surface area contributed by atoms with Crippen LogP contribution in [-0.2, 0) is 4.79 Å². The number of carbonyl (C=O) groups excluding carboxylic acids is 1. The number of halogens is 1. The molecule has 3 rings (SSSR count). The molecule has 0 saturated carbocycles. The first-order valence-electron chi connectivity index (χ1n) is 8.22. The monoisotopic (exact) mass is 377 g/mol. The van der Waals surface area contributed by atoms with Crippen molar-refractivity contribution in [2.24, 2.45) is 0 Å². The average molecular weight is 377 g/mol. The number of hydrogen-bond donors (Lipinski definition) is 1. The number of nitriles is 1. The lowest BCUT2D eigenvalue weighted by Crippen LogP contribution is -2.15. The van der Waals surface area contributed by atoms with E-state index in [1.165, 1.54) is 12.1 Å². The highest BCUT2D eigenvalue weighted by Crippen LogP contribution is 2.26. The maximum Gasteiger partial charge on any atom is 0.234 e. The van der Waals surface area contributed by atoms with Gasteiger partial charge in [0.05, 0.1) is 22.7 Å². The van der Waals surface area contributed by atoms with Crippen molar-refractivity contribution in [2.75, 3.05) is 11.1 Å². The van der Waals surface area contributed by atoms with Crippen LogP contribution in [0.4, 0.5) is 10.1 Å². The minimum absolute atomic E-state index is 0.0212. The summed E-state index contributed by atoms with van der Waals surface area (Å²) in [5.74, 6) is -0.836. The number of hydrogen-bond acceptors (Lipinski definition) is 4. The Hall–Kier alpha value is -3.17. The van der Waals surface area contributed by atoms with Gasteiger partial charge in [0, 0.05) is 5.56 Å². The maximum atomic E-state index is 13.6. The number of thioether (sulfide) groups is 1. The van der Waals surface area contributed by atoms with Crippen molar-refractivity contribution in [2.45, 2.75) is 11.9 Å². The zero-order valence-corrected chi connectivity index (χ0v) is 15.4. The van der Waals surface area contributed by atoms with Gasteiger partial charge in [0.25, 0.3) is 0 Å². The van der Waals surface area contributed by atoms with Gasteiger partial charge in [-0.2, -0.15) is 5.26 Å². The molecule has 2 aromatic carbocycles. The number of aromatic nitrogens is 1. The molecule has 1 aromatic heterocycles. The van der Waals surface area contributed by atoms with E-state index < -0.39 is 5.82 Å². The number of amides is 1. The van der Waals surface area contributed by atoms with Crippen LogP contribution in [0.15, 0.2) is 65.7 Å². The molecule has 1 N–H and O–H groups in total. The Balaban J connectivity index is 1.74. The molecule has 0 atom stereocenters. The van der Waals surface area contributed by atoms with Gasteiger partial charge >= 0.3 is 0 Å². The van der Waals surface area contributed by atoms with Crippen LogP contribution in [0.3, 0.4) is 0 Å². The summed E-state index contributed by atoms with van der Waals surface area (Å²) < 4.78 is 13.6. The molecule has 1 heterocycles. The van der Waals surface area contributed by atoms with Crippen molar-refractivity contribution in [1.82, 2.24) is 4.98 Å². The smallest absolute Gasteiger partial charge is 0.234 e. The topological polar surface area (TPSA) is 65.8 Å². The number of rotatable bonds is 5. The van der Waals surface area contributed by atoms with Crippen LogP contribution in [0, 0.1) is 24.1 Å². The minimum atomic E-state index is -0.493. The van der Waals surface area contributed by atoms with Crippen molar-refractivity contribution in [3.05, 3.63) is 77.6 Å². The van der Waals surface area contributed by atoms with E-state index in [4.69, 9.17) is 0 Å². The summed E-state index contributed by atoms with van der Waals surface area (Å²) in [6.45, 7) is 2.01. The summed E-state index contributed by atoms with van der Waals surface area (Å²) in [5, 5.41) is 12.3. The second kappa shape index (κ2) is 8.47. The van der Waals surface area contributed by atoms with E-state index in [0.717, 1.165) is 28.6 Å². The number of carbonyl (C=O) groups is 1. The lowest BCUT2D eigenvalue weighted by Gasteiger charge is -2.08. The number of anilines is 1. The van der Waals surface area contributed by atoms with E-state index in [1.807, 2.05) is 31.2 Å². The van der Waals surface area contributed by atoms with Gasteiger partial charge in [0.15, 0.2) is 0 Å². The van der Waals surface area contributed by atoms with Crippen LogP contribution in [0.25, 0.3) is 11.3 Å². The Morgan fingerprint density at radius 2 is 1.89 bits per heavy atom. The molecule has 27 heavy (non-hydrogen) atoms.